The number of Topliss-reactive ketones (excluding diaryl/α,β-unsaturated/α-hetero) is 1. The number of aromatic hydroxyl groups is 1. The summed E-state index contributed by atoms with van der Waals surface area (Å²) in [5.74, 6) is -0.957. The Hall–Kier alpha value is -2.41. The Morgan fingerprint density at radius 3 is 2.44 bits per heavy atom. The highest BCUT2D eigenvalue weighted by Gasteiger charge is 2.13. The number of amides is 1. The maximum atomic E-state index is 11.9. The van der Waals surface area contributed by atoms with Crippen molar-refractivity contribution in [2.75, 3.05) is 13.1 Å². The van der Waals surface area contributed by atoms with Gasteiger partial charge in [-0.25, -0.2) is 0 Å². The zero-order chi connectivity index (χ0) is 17.5. The molecule has 2 aromatic carbocycles. The monoisotopic (exact) mass is 364 g/mol. The third kappa shape index (κ3) is 5.86. The Morgan fingerprint density at radius 1 is 1.12 bits per heavy atom. The van der Waals surface area contributed by atoms with Crippen molar-refractivity contribution in [3.8, 4) is 5.75 Å². The average molecular weight is 365 g/mol. The number of carbonyl (C=O) groups excluding carboxylic acids is 2. The van der Waals surface area contributed by atoms with Crippen LogP contribution in [0.25, 0.3) is 0 Å². The molecule has 1 atom stereocenters. The molecule has 1 unspecified atom stereocenters. The molecule has 1 amide bonds. The highest BCUT2D eigenvalue weighted by atomic mass is 35.5. The molecule has 5 N–H and O–H groups in total. The Morgan fingerprint density at radius 2 is 1.80 bits per heavy atom. The van der Waals surface area contributed by atoms with Gasteiger partial charge >= 0.3 is 0 Å². The first kappa shape index (κ1) is 20.6. The summed E-state index contributed by atoms with van der Waals surface area (Å²) >= 11 is 0. The maximum Gasteiger partial charge on any atom is 0.252 e. The Kier molecular flexibility index (Phi) is 8.07. The zero-order valence-electron chi connectivity index (χ0n) is 13.5. The Bertz CT molecular complexity index is 722. The van der Waals surface area contributed by atoms with Crippen LogP contribution < -0.4 is 11.1 Å². The number of hydrogen-bond donors (Lipinski definition) is 4. The molecule has 0 aliphatic heterocycles. The molecule has 0 fully saturated rings. The number of benzene rings is 2. The minimum atomic E-state index is -0.879. The number of aliphatic hydroxyl groups is 1. The van der Waals surface area contributed by atoms with Crippen molar-refractivity contribution in [2.45, 2.75) is 12.5 Å². The lowest BCUT2D eigenvalue weighted by Crippen LogP contribution is -2.24. The van der Waals surface area contributed by atoms with E-state index < -0.39 is 12.0 Å². The van der Waals surface area contributed by atoms with Gasteiger partial charge in [-0.2, -0.15) is 0 Å². The quantitative estimate of drug-likeness (QED) is 0.421. The largest absolute Gasteiger partial charge is 0.507 e. The average Bonchev–Trinajstić information content (AvgIpc) is 2.59. The summed E-state index contributed by atoms with van der Waals surface area (Å²) in [6, 6.07) is 13.2. The molecule has 2 rings (SSSR count). The van der Waals surface area contributed by atoms with Crippen LogP contribution in [0.5, 0.6) is 5.75 Å². The number of nitrogens with two attached hydrogens (primary N) is 1. The van der Waals surface area contributed by atoms with E-state index in [0.717, 1.165) is 0 Å². The molecule has 0 saturated heterocycles. The second-order valence-electron chi connectivity index (χ2n) is 5.40. The number of rotatable bonds is 8. The number of hydrogen-bond acceptors (Lipinski definition) is 5. The molecule has 0 radical (unpaired) electrons. The summed E-state index contributed by atoms with van der Waals surface area (Å²) < 4.78 is 0. The van der Waals surface area contributed by atoms with Crippen LogP contribution in [0, 0.1) is 0 Å². The predicted molar refractivity (Wildman–Crippen MR) is 97.1 cm³/mol. The number of phenols is 1. The molecule has 0 bridgehead atoms. The van der Waals surface area contributed by atoms with Crippen LogP contribution in [-0.2, 0) is 0 Å². The molecule has 0 aliphatic carbocycles. The van der Waals surface area contributed by atoms with Crippen LogP contribution in [-0.4, -0.2) is 35.0 Å². The lowest BCUT2D eigenvalue weighted by atomic mass is 10.0. The molecule has 0 saturated carbocycles. The molecule has 25 heavy (non-hydrogen) atoms. The summed E-state index contributed by atoms with van der Waals surface area (Å²) in [6.45, 7) is 0.636. The van der Waals surface area contributed by atoms with E-state index in [2.05, 4.69) is 5.32 Å². The van der Waals surface area contributed by atoms with Crippen LogP contribution in [0.2, 0.25) is 0 Å². The van der Waals surface area contributed by atoms with E-state index in [0.29, 0.717) is 24.1 Å². The Balaban J connectivity index is 0.00000312. The normalized spacial score (nSPS) is 11.4. The molecule has 134 valence electrons. The molecule has 6 nitrogen and oxygen atoms in total. The fraction of sp³-hybridized carbons (Fsp3) is 0.222. The summed E-state index contributed by atoms with van der Waals surface area (Å²) in [6.07, 6.45) is -0.561. The third-order valence-corrected chi connectivity index (χ3v) is 3.63. The molecule has 0 spiro atoms. The third-order valence-electron chi connectivity index (χ3n) is 3.63. The van der Waals surface area contributed by atoms with Crippen LogP contribution >= 0.6 is 12.4 Å². The van der Waals surface area contributed by atoms with Crippen LogP contribution in [0.4, 0.5) is 0 Å². The van der Waals surface area contributed by atoms with Gasteiger partial charge in [0.05, 0.1) is 11.7 Å². The lowest BCUT2D eigenvalue weighted by molar-refractivity contribution is 0.0975. The summed E-state index contributed by atoms with van der Waals surface area (Å²) in [5.41, 5.74) is 6.24. The number of primary amides is 1. The number of ketones is 1. The minimum absolute atomic E-state index is 0. The topological polar surface area (TPSA) is 113 Å². The standard InChI is InChI=1S/C18H20N2O4.ClH/c19-18(24)14-10-13(6-7-16(14)22)17(23)11-20-9-8-15(21)12-4-2-1-3-5-12;/h1-7,10,17,20,22-23H,8-9,11H2,(H2,19,24);1H. The Labute approximate surface area is 152 Å². The second-order valence-corrected chi connectivity index (χ2v) is 5.40. The van der Waals surface area contributed by atoms with E-state index in [-0.39, 0.29) is 36.0 Å². The molecule has 0 heterocycles. The van der Waals surface area contributed by atoms with Gasteiger partial charge in [0.2, 0.25) is 0 Å². The molecule has 0 aliphatic rings. The first-order chi connectivity index (χ1) is 11.5. The SMILES string of the molecule is Cl.NC(=O)c1cc(C(O)CNCCC(=O)c2ccccc2)ccc1O. The number of nitrogens with one attached hydrogen (secondary N) is 1. The van der Waals surface area contributed by atoms with Crippen molar-refractivity contribution in [3.63, 3.8) is 0 Å². The fourth-order valence-corrected chi connectivity index (χ4v) is 2.29. The summed E-state index contributed by atoms with van der Waals surface area (Å²) in [7, 11) is 0. The highest BCUT2D eigenvalue weighted by molar-refractivity contribution is 5.96. The van der Waals surface area contributed by atoms with Crippen LogP contribution in [0.15, 0.2) is 48.5 Å². The maximum absolute atomic E-state index is 11.9. The van der Waals surface area contributed by atoms with Gasteiger partial charge in [0.25, 0.3) is 5.91 Å². The summed E-state index contributed by atoms with van der Waals surface area (Å²) in [4.78, 5) is 23.1. The van der Waals surface area contributed by atoms with E-state index >= 15 is 0 Å². The van der Waals surface area contributed by atoms with Gasteiger partial charge in [-0.1, -0.05) is 36.4 Å². The number of carbonyl (C=O) groups is 2. The van der Waals surface area contributed by atoms with Gasteiger partial charge in [0, 0.05) is 25.1 Å². The number of halogens is 1. The van der Waals surface area contributed by atoms with Crippen molar-refractivity contribution >= 4 is 24.1 Å². The molecule has 7 heteroatoms. The first-order valence-electron chi connectivity index (χ1n) is 7.59. The van der Waals surface area contributed by atoms with Gasteiger partial charge in [-0.15, -0.1) is 12.4 Å². The van der Waals surface area contributed by atoms with E-state index in [1.807, 2.05) is 18.2 Å². The zero-order valence-corrected chi connectivity index (χ0v) is 14.3. The van der Waals surface area contributed by atoms with Crippen molar-refractivity contribution in [3.05, 3.63) is 65.2 Å². The van der Waals surface area contributed by atoms with Crippen molar-refractivity contribution < 1.29 is 19.8 Å². The van der Waals surface area contributed by atoms with Gasteiger partial charge < -0.3 is 21.3 Å². The van der Waals surface area contributed by atoms with Crippen molar-refractivity contribution in [1.29, 1.82) is 0 Å². The van der Waals surface area contributed by atoms with E-state index in [9.17, 15) is 19.8 Å². The molecule has 0 aromatic heterocycles. The lowest BCUT2D eigenvalue weighted by Gasteiger charge is -2.13. The van der Waals surface area contributed by atoms with Gasteiger partial charge in [0.1, 0.15) is 5.75 Å². The van der Waals surface area contributed by atoms with Crippen molar-refractivity contribution in [2.24, 2.45) is 5.73 Å². The molecular weight excluding hydrogens is 344 g/mol. The smallest absolute Gasteiger partial charge is 0.252 e. The molecular formula is C18H21ClN2O4. The number of aliphatic hydroxyl groups excluding tert-OH is 1. The van der Waals surface area contributed by atoms with Crippen LogP contribution in [0.3, 0.4) is 0 Å². The minimum Gasteiger partial charge on any atom is -0.507 e. The summed E-state index contributed by atoms with van der Waals surface area (Å²) in [5, 5.41) is 22.7. The highest BCUT2D eigenvalue weighted by Crippen LogP contribution is 2.21. The van der Waals surface area contributed by atoms with Gasteiger partial charge in [-0.3, -0.25) is 9.59 Å². The van der Waals surface area contributed by atoms with E-state index in [4.69, 9.17) is 5.73 Å². The molecule has 2 aromatic rings. The second kappa shape index (κ2) is 9.78. The van der Waals surface area contributed by atoms with Gasteiger partial charge in [0.15, 0.2) is 5.78 Å². The first-order valence-corrected chi connectivity index (χ1v) is 7.59. The van der Waals surface area contributed by atoms with E-state index in [1.165, 1.54) is 18.2 Å². The van der Waals surface area contributed by atoms with Crippen molar-refractivity contribution in [1.82, 2.24) is 5.32 Å². The fourth-order valence-electron chi connectivity index (χ4n) is 2.29. The van der Waals surface area contributed by atoms with Crippen LogP contribution in [0.1, 0.15) is 38.8 Å². The predicted octanol–water partition coefficient (Wildman–Crippen LogP) is 1.81. The van der Waals surface area contributed by atoms with E-state index in [1.54, 1.807) is 12.1 Å². The van der Waals surface area contributed by atoms with Gasteiger partial charge in [-0.05, 0) is 17.7 Å².